The number of allylic oxidation sites excluding steroid dienone is 2. The van der Waals surface area contributed by atoms with Gasteiger partial charge in [0.1, 0.15) is 0 Å². The van der Waals surface area contributed by atoms with Gasteiger partial charge in [-0.25, -0.2) is 0 Å². The molecule has 120 valence electrons. The van der Waals surface area contributed by atoms with Crippen LogP contribution in [0.1, 0.15) is 89.9 Å². The van der Waals surface area contributed by atoms with Crippen LogP contribution in [0.5, 0.6) is 0 Å². The van der Waals surface area contributed by atoms with Crippen LogP contribution < -0.4 is 5.32 Å². The van der Waals surface area contributed by atoms with Crippen molar-refractivity contribution in [2.45, 2.75) is 102 Å². The predicted octanol–water partition coefficient (Wildman–Crippen LogP) is 5.60. The molecule has 0 aromatic rings. The Morgan fingerprint density at radius 1 is 0.476 bits per heavy atom. The third-order valence-corrected chi connectivity index (χ3v) is 6.15. The maximum absolute atomic E-state index is 3.96. The van der Waals surface area contributed by atoms with Crippen LogP contribution in [0.2, 0.25) is 0 Å². The summed E-state index contributed by atoms with van der Waals surface area (Å²) in [6.45, 7) is 0. The molecule has 0 unspecified atom stereocenters. The van der Waals surface area contributed by atoms with Crippen molar-refractivity contribution >= 4 is 0 Å². The van der Waals surface area contributed by atoms with Gasteiger partial charge in [0.25, 0.3) is 0 Å². The van der Waals surface area contributed by atoms with Gasteiger partial charge in [-0.15, -0.1) is 0 Å². The van der Waals surface area contributed by atoms with Crippen LogP contribution in [-0.4, -0.2) is 12.1 Å². The lowest BCUT2D eigenvalue weighted by Gasteiger charge is -2.33. The minimum Gasteiger partial charge on any atom is -0.311 e. The minimum atomic E-state index is 0.826. The van der Waals surface area contributed by atoms with E-state index in [2.05, 4.69) is 17.5 Å². The van der Waals surface area contributed by atoms with E-state index in [0.29, 0.717) is 0 Å². The molecule has 3 aliphatic carbocycles. The van der Waals surface area contributed by atoms with Crippen molar-refractivity contribution in [3.05, 3.63) is 12.2 Å². The Bertz CT molecular complexity index is 302. The number of rotatable bonds is 4. The second kappa shape index (κ2) is 8.36. The first-order valence-electron chi connectivity index (χ1n) is 9.84. The summed E-state index contributed by atoms with van der Waals surface area (Å²) in [5.74, 6) is 1.80. The van der Waals surface area contributed by atoms with Gasteiger partial charge in [0.15, 0.2) is 0 Å². The van der Waals surface area contributed by atoms with E-state index in [1.807, 2.05) is 0 Å². The molecular formula is C20H35N. The topological polar surface area (TPSA) is 12.0 Å². The highest BCUT2D eigenvalue weighted by molar-refractivity contribution is 4.96. The first-order chi connectivity index (χ1) is 10.4. The van der Waals surface area contributed by atoms with E-state index in [1.54, 1.807) is 0 Å². The van der Waals surface area contributed by atoms with Crippen LogP contribution in [0.25, 0.3) is 0 Å². The summed E-state index contributed by atoms with van der Waals surface area (Å²) in [5.41, 5.74) is 0. The van der Waals surface area contributed by atoms with Gasteiger partial charge < -0.3 is 5.32 Å². The van der Waals surface area contributed by atoms with Gasteiger partial charge in [-0.3, -0.25) is 0 Å². The Morgan fingerprint density at radius 2 is 0.952 bits per heavy atom. The minimum absolute atomic E-state index is 0.826. The highest BCUT2D eigenvalue weighted by atomic mass is 14.9. The first kappa shape index (κ1) is 15.6. The van der Waals surface area contributed by atoms with Crippen LogP contribution in [0, 0.1) is 11.8 Å². The molecule has 0 amide bonds. The molecule has 0 bridgehead atoms. The van der Waals surface area contributed by atoms with Crippen molar-refractivity contribution in [1.29, 1.82) is 0 Å². The molecule has 1 nitrogen and oxygen atoms in total. The van der Waals surface area contributed by atoms with Gasteiger partial charge in [-0.05, 0) is 63.2 Å². The lowest BCUT2D eigenvalue weighted by Crippen LogP contribution is -2.41. The number of hydrogen-bond acceptors (Lipinski definition) is 1. The Hall–Kier alpha value is -0.300. The highest BCUT2D eigenvalue weighted by Crippen LogP contribution is 2.30. The van der Waals surface area contributed by atoms with Crippen molar-refractivity contribution in [2.24, 2.45) is 11.8 Å². The van der Waals surface area contributed by atoms with Crippen molar-refractivity contribution < 1.29 is 0 Å². The number of hydrogen-bond donors (Lipinski definition) is 1. The summed E-state index contributed by atoms with van der Waals surface area (Å²) in [4.78, 5) is 0. The second-order valence-corrected chi connectivity index (χ2v) is 7.90. The molecule has 0 radical (unpaired) electrons. The molecule has 0 aromatic heterocycles. The summed E-state index contributed by atoms with van der Waals surface area (Å²) in [6.07, 6.45) is 25.4. The normalized spacial score (nSPS) is 33.5. The van der Waals surface area contributed by atoms with Crippen LogP contribution in [0.15, 0.2) is 12.2 Å². The molecule has 3 fully saturated rings. The van der Waals surface area contributed by atoms with Crippen molar-refractivity contribution in [1.82, 2.24) is 5.32 Å². The molecule has 3 rings (SSSR count). The zero-order valence-corrected chi connectivity index (χ0v) is 13.9. The summed E-state index contributed by atoms with van der Waals surface area (Å²) in [7, 11) is 0. The van der Waals surface area contributed by atoms with Gasteiger partial charge in [0.2, 0.25) is 0 Å². The molecule has 3 aliphatic rings. The smallest absolute Gasteiger partial charge is 0.00700 e. The summed E-state index contributed by atoms with van der Waals surface area (Å²) in [5, 5.41) is 3.96. The SMILES string of the molecule is C(=CC1CCC(NC2CCCCC2)CC1)C1CCCCC1. The zero-order valence-electron chi connectivity index (χ0n) is 13.9. The average Bonchev–Trinajstić information content (AvgIpc) is 2.56. The zero-order chi connectivity index (χ0) is 14.3. The fourth-order valence-corrected chi connectivity index (χ4v) is 4.72. The van der Waals surface area contributed by atoms with E-state index in [1.165, 1.54) is 89.9 Å². The molecule has 0 aliphatic heterocycles. The van der Waals surface area contributed by atoms with Crippen LogP contribution in [0.3, 0.4) is 0 Å². The van der Waals surface area contributed by atoms with Gasteiger partial charge in [0.05, 0.1) is 0 Å². The molecule has 1 heteroatoms. The Kier molecular flexibility index (Phi) is 6.21. The average molecular weight is 290 g/mol. The largest absolute Gasteiger partial charge is 0.311 e. The van der Waals surface area contributed by atoms with Crippen LogP contribution in [-0.2, 0) is 0 Å². The van der Waals surface area contributed by atoms with E-state index in [9.17, 15) is 0 Å². The highest BCUT2D eigenvalue weighted by Gasteiger charge is 2.23. The standard InChI is InChI=1S/C20H35N/c1-3-7-17(8-4-1)11-12-18-13-15-20(16-14-18)21-19-9-5-2-6-10-19/h11-12,17-21H,1-10,13-16H2. The van der Waals surface area contributed by atoms with E-state index in [-0.39, 0.29) is 0 Å². The fraction of sp³-hybridized carbons (Fsp3) is 0.900. The van der Waals surface area contributed by atoms with Crippen LogP contribution >= 0.6 is 0 Å². The molecular weight excluding hydrogens is 254 g/mol. The van der Waals surface area contributed by atoms with Gasteiger partial charge >= 0.3 is 0 Å². The summed E-state index contributed by atoms with van der Waals surface area (Å²) < 4.78 is 0. The van der Waals surface area contributed by atoms with Gasteiger partial charge in [-0.1, -0.05) is 50.7 Å². The lowest BCUT2D eigenvalue weighted by atomic mass is 9.83. The van der Waals surface area contributed by atoms with Gasteiger partial charge in [0, 0.05) is 12.1 Å². The molecule has 0 aromatic carbocycles. The first-order valence-corrected chi connectivity index (χ1v) is 9.84. The van der Waals surface area contributed by atoms with Crippen LogP contribution in [0.4, 0.5) is 0 Å². The summed E-state index contributed by atoms with van der Waals surface area (Å²) in [6, 6.07) is 1.67. The molecule has 3 saturated carbocycles. The molecule has 21 heavy (non-hydrogen) atoms. The number of nitrogens with one attached hydrogen (secondary N) is 1. The summed E-state index contributed by atoms with van der Waals surface area (Å²) >= 11 is 0. The Labute approximate surface area is 132 Å². The molecule has 0 saturated heterocycles. The van der Waals surface area contributed by atoms with E-state index < -0.39 is 0 Å². The molecule has 0 spiro atoms. The van der Waals surface area contributed by atoms with E-state index in [4.69, 9.17) is 0 Å². The fourth-order valence-electron chi connectivity index (χ4n) is 4.72. The van der Waals surface area contributed by atoms with E-state index in [0.717, 1.165) is 23.9 Å². The molecule has 0 atom stereocenters. The maximum Gasteiger partial charge on any atom is 0.00700 e. The van der Waals surface area contributed by atoms with Crippen molar-refractivity contribution in [3.63, 3.8) is 0 Å². The third-order valence-electron chi connectivity index (χ3n) is 6.15. The second-order valence-electron chi connectivity index (χ2n) is 7.90. The Balaban J connectivity index is 1.35. The van der Waals surface area contributed by atoms with Gasteiger partial charge in [-0.2, -0.15) is 0 Å². The Morgan fingerprint density at radius 3 is 1.57 bits per heavy atom. The molecule has 0 heterocycles. The monoisotopic (exact) mass is 289 g/mol. The molecule has 1 N–H and O–H groups in total. The lowest BCUT2D eigenvalue weighted by molar-refractivity contribution is 0.270. The van der Waals surface area contributed by atoms with Crippen molar-refractivity contribution in [3.8, 4) is 0 Å². The maximum atomic E-state index is 3.96. The third kappa shape index (κ3) is 5.13. The van der Waals surface area contributed by atoms with E-state index >= 15 is 0 Å². The predicted molar refractivity (Wildman–Crippen MR) is 91.5 cm³/mol. The van der Waals surface area contributed by atoms with Crippen molar-refractivity contribution in [2.75, 3.05) is 0 Å². The quantitative estimate of drug-likeness (QED) is 0.664.